The lowest BCUT2D eigenvalue weighted by molar-refractivity contribution is 0.602. The van der Waals surface area contributed by atoms with Crippen molar-refractivity contribution < 1.29 is 4.39 Å². The van der Waals surface area contributed by atoms with Crippen molar-refractivity contribution >= 4 is 23.4 Å². The fraction of sp³-hybridized carbons (Fsp3) is 0.250. The maximum Gasteiger partial charge on any atom is 0.123 e. The molecule has 106 valence electrons. The van der Waals surface area contributed by atoms with Crippen LogP contribution in [0.3, 0.4) is 0 Å². The Kier molecular flexibility index (Phi) is 5.89. The molecule has 0 aliphatic rings. The van der Waals surface area contributed by atoms with Crippen molar-refractivity contribution in [3.05, 3.63) is 64.9 Å². The fourth-order valence-electron chi connectivity index (χ4n) is 1.95. The topological polar surface area (TPSA) is 12.0 Å². The van der Waals surface area contributed by atoms with Gasteiger partial charge < -0.3 is 5.32 Å². The van der Waals surface area contributed by atoms with Crippen molar-refractivity contribution in [1.29, 1.82) is 0 Å². The van der Waals surface area contributed by atoms with Crippen LogP contribution in [0.4, 0.5) is 4.39 Å². The number of nitrogens with one attached hydrogen (secondary N) is 1. The zero-order chi connectivity index (χ0) is 14.4. The highest BCUT2D eigenvalue weighted by atomic mass is 35.5. The molecule has 2 aromatic carbocycles. The first kappa shape index (κ1) is 15.4. The zero-order valence-electron chi connectivity index (χ0n) is 11.3. The lowest BCUT2D eigenvalue weighted by atomic mass is 10.1. The van der Waals surface area contributed by atoms with Gasteiger partial charge in [0.2, 0.25) is 0 Å². The molecule has 0 saturated carbocycles. The Hall–Kier alpha value is -1.03. The molecule has 1 unspecified atom stereocenters. The van der Waals surface area contributed by atoms with Crippen LogP contribution in [-0.4, -0.2) is 18.8 Å². The second-order valence-corrected chi connectivity index (χ2v) is 6.12. The SMILES string of the molecule is CNC(CSc1cccc(Cl)c1)Cc1cccc(F)c1. The summed E-state index contributed by atoms with van der Waals surface area (Å²) in [5.41, 5.74) is 1.01. The highest BCUT2D eigenvalue weighted by molar-refractivity contribution is 7.99. The predicted octanol–water partition coefficient (Wildman–Crippen LogP) is 4.40. The van der Waals surface area contributed by atoms with Gasteiger partial charge in [0.1, 0.15) is 5.82 Å². The van der Waals surface area contributed by atoms with E-state index in [1.165, 1.54) is 6.07 Å². The summed E-state index contributed by atoms with van der Waals surface area (Å²) in [6, 6.07) is 14.9. The highest BCUT2D eigenvalue weighted by Crippen LogP contribution is 2.23. The molecule has 0 bridgehead atoms. The lowest BCUT2D eigenvalue weighted by Crippen LogP contribution is -2.30. The molecule has 0 fully saturated rings. The summed E-state index contributed by atoms with van der Waals surface area (Å²) in [6.07, 6.45) is 0.807. The van der Waals surface area contributed by atoms with Crippen LogP contribution in [-0.2, 0) is 6.42 Å². The molecular formula is C16H17ClFNS. The Morgan fingerprint density at radius 1 is 1.20 bits per heavy atom. The number of hydrogen-bond donors (Lipinski definition) is 1. The van der Waals surface area contributed by atoms with Gasteiger partial charge >= 0.3 is 0 Å². The average molecular weight is 310 g/mol. The van der Waals surface area contributed by atoms with Gasteiger partial charge in [0.15, 0.2) is 0 Å². The van der Waals surface area contributed by atoms with Crippen LogP contribution in [0.15, 0.2) is 53.4 Å². The fourth-order valence-corrected chi connectivity index (χ4v) is 3.26. The molecule has 0 aliphatic heterocycles. The molecule has 2 rings (SSSR count). The number of halogens is 2. The van der Waals surface area contributed by atoms with Crippen molar-refractivity contribution in [2.45, 2.75) is 17.4 Å². The molecule has 1 nitrogen and oxygen atoms in total. The first-order valence-corrected chi connectivity index (χ1v) is 7.84. The van der Waals surface area contributed by atoms with E-state index in [1.54, 1.807) is 23.9 Å². The highest BCUT2D eigenvalue weighted by Gasteiger charge is 2.09. The molecule has 1 N–H and O–H groups in total. The molecule has 0 amide bonds. The molecule has 2 aromatic rings. The quantitative estimate of drug-likeness (QED) is 0.794. The Bertz CT molecular complexity index is 562. The van der Waals surface area contributed by atoms with E-state index in [0.717, 1.165) is 27.7 Å². The van der Waals surface area contributed by atoms with Gasteiger partial charge in [-0.2, -0.15) is 0 Å². The molecule has 0 saturated heterocycles. The third kappa shape index (κ3) is 4.82. The third-order valence-corrected chi connectivity index (χ3v) is 4.42. The molecule has 0 heterocycles. The van der Waals surface area contributed by atoms with Crippen LogP contribution in [0.5, 0.6) is 0 Å². The van der Waals surface area contributed by atoms with Gasteiger partial charge in [-0.25, -0.2) is 4.39 Å². The molecule has 1 atom stereocenters. The van der Waals surface area contributed by atoms with E-state index >= 15 is 0 Å². The van der Waals surface area contributed by atoms with Gasteiger partial charge in [0.25, 0.3) is 0 Å². The molecule has 0 radical (unpaired) electrons. The standard InChI is InChI=1S/C16H17ClFNS/c1-19-15(9-12-4-2-6-14(18)8-12)11-20-16-7-3-5-13(17)10-16/h2-8,10,15,19H,9,11H2,1H3. The van der Waals surface area contributed by atoms with Crippen molar-refractivity contribution in [3.63, 3.8) is 0 Å². The Morgan fingerprint density at radius 3 is 2.70 bits per heavy atom. The third-order valence-electron chi connectivity index (χ3n) is 3.03. The lowest BCUT2D eigenvalue weighted by Gasteiger charge is -2.16. The largest absolute Gasteiger partial charge is 0.316 e. The van der Waals surface area contributed by atoms with E-state index in [9.17, 15) is 4.39 Å². The van der Waals surface area contributed by atoms with Crippen LogP contribution in [0.25, 0.3) is 0 Å². The minimum atomic E-state index is -0.181. The Labute approximate surface area is 128 Å². The summed E-state index contributed by atoms with van der Waals surface area (Å²) in [5, 5.41) is 4.03. The molecule has 0 spiro atoms. The van der Waals surface area contributed by atoms with E-state index in [0.29, 0.717) is 6.04 Å². The first-order chi connectivity index (χ1) is 9.67. The minimum absolute atomic E-state index is 0.181. The molecule has 4 heteroatoms. The number of thioether (sulfide) groups is 1. The van der Waals surface area contributed by atoms with Crippen LogP contribution in [0.1, 0.15) is 5.56 Å². The predicted molar refractivity (Wildman–Crippen MR) is 85.1 cm³/mol. The zero-order valence-corrected chi connectivity index (χ0v) is 12.8. The van der Waals surface area contributed by atoms with E-state index in [-0.39, 0.29) is 5.82 Å². The average Bonchev–Trinajstić information content (AvgIpc) is 2.43. The van der Waals surface area contributed by atoms with Crippen molar-refractivity contribution in [1.82, 2.24) is 5.32 Å². The van der Waals surface area contributed by atoms with E-state index in [2.05, 4.69) is 5.32 Å². The summed E-state index contributed by atoms with van der Waals surface area (Å²) in [6.45, 7) is 0. The normalized spacial score (nSPS) is 12.3. The molecule has 20 heavy (non-hydrogen) atoms. The van der Waals surface area contributed by atoms with Gasteiger partial charge in [-0.3, -0.25) is 0 Å². The van der Waals surface area contributed by atoms with Crippen LogP contribution < -0.4 is 5.32 Å². The van der Waals surface area contributed by atoms with Crippen LogP contribution in [0, 0.1) is 5.82 Å². The maximum atomic E-state index is 13.2. The number of rotatable bonds is 6. The minimum Gasteiger partial charge on any atom is -0.316 e. The Balaban J connectivity index is 1.92. The second kappa shape index (κ2) is 7.67. The maximum absolute atomic E-state index is 13.2. The van der Waals surface area contributed by atoms with Gasteiger partial charge in [-0.1, -0.05) is 29.8 Å². The molecule has 0 aliphatic carbocycles. The van der Waals surface area contributed by atoms with Crippen molar-refractivity contribution in [2.24, 2.45) is 0 Å². The number of hydrogen-bond acceptors (Lipinski definition) is 2. The Morgan fingerprint density at radius 2 is 2.00 bits per heavy atom. The summed E-state index contributed by atoms with van der Waals surface area (Å²) < 4.78 is 13.2. The molecule has 0 aromatic heterocycles. The number of benzene rings is 2. The summed E-state index contributed by atoms with van der Waals surface area (Å²) in [4.78, 5) is 1.15. The summed E-state index contributed by atoms with van der Waals surface area (Å²) in [5.74, 6) is 0.729. The molecular weight excluding hydrogens is 293 g/mol. The van der Waals surface area contributed by atoms with Gasteiger partial charge in [-0.15, -0.1) is 11.8 Å². The smallest absolute Gasteiger partial charge is 0.123 e. The van der Waals surface area contributed by atoms with E-state index < -0.39 is 0 Å². The van der Waals surface area contributed by atoms with Crippen LogP contribution in [0.2, 0.25) is 5.02 Å². The van der Waals surface area contributed by atoms with E-state index in [1.807, 2.05) is 37.4 Å². The van der Waals surface area contributed by atoms with Gasteiger partial charge in [-0.05, 0) is 49.4 Å². The number of likely N-dealkylation sites (N-methyl/N-ethyl adjacent to an activating group) is 1. The second-order valence-electron chi connectivity index (χ2n) is 4.59. The first-order valence-electron chi connectivity index (χ1n) is 6.47. The van der Waals surface area contributed by atoms with Gasteiger partial charge in [0, 0.05) is 21.7 Å². The van der Waals surface area contributed by atoms with Crippen molar-refractivity contribution in [3.8, 4) is 0 Å². The summed E-state index contributed by atoms with van der Waals surface area (Å²) in [7, 11) is 1.93. The van der Waals surface area contributed by atoms with Crippen LogP contribution >= 0.6 is 23.4 Å². The van der Waals surface area contributed by atoms with E-state index in [4.69, 9.17) is 11.6 Å². The van der Waals surface area contributed by atoms with Crippen molar-refractivity contribution in [2.75, 3.05) is 12.8 Å². The van der Waals surface area contributed by atoms with Gasteiger partial charge in [0.05, 0.1) is 0 Å². The summed E-state index contributed by atoms with van der Waals surface area (Å²) >= 11 is 7.72. The monoisotopic (exact) mass is 309 g/mol.